The van der Waals surface area contributed by atoms with Crippen LogP contribution in [0.2, 0.25) is 0 Å². The zero-order valence-electron chi connectivity index (χ0n) is 11.2. The summed E-state index contributed by atoms with van der Waals surface area (Å²) in [6, 6.07) is 9.90. The molecule has 1 aromatic carbocycles. The van der Waals surface area contributed by atoms with Crippen molar-refractivity contribution in [2.24, 2.45) is 11.8 Å². The van der Waals surface area contributed by atoms with Gasteiger partial charge in [0.2, 0.25) is 5.91 Å². The molecule has 0 fully saturated rings. The fraction of sp³-hybridized carbons (Fsp3) is 0.500. The van der Waals surface area contributed by atoms with Crippen molar-refractivity contribution in [1.29, 1.82) is 0 Å². The van der Waals surface area contributed by atoms with Crippen LogP contribution in [0.3, 0.4) is 0 Å². The molecule has 0 bridgehead atoms. The van der Waals surface area contributed by atoms with E-state index in [-0.39, 0.29) is 5.91 Å². The highest BCUT2D eigenvalue weighted by Gasteiger charge is 2.20. The summed E-state index contributed by atoms with van der Waals surface area (Å²) in [4.78, 5) is 11.2. The van der Waals surface area contributed by atoms with E-state index in [1.54, 1.807) is 6.92 Å². The maximum atomic E-state index is 11.2. The van der Waals surface area contributed by atoms with Crippen molar-refractivity contribution in [1.82, 2.24) is 5.43 Å². The van der Waals surface area contributed by atoms with Crippen LogP contribution < -0.4 is 11.3 Å². The van der Waals surface area contributed by atoms with Crippen molar-refractivity contribution < 1.29 is 14.6 Å². The third-order valence-electron chi connectivity index (χ3n) is 3.03. The van der Waals surface area contributed by atoms with E-state index in [4.69, 9.17) is 10.6 Å². The van der Waals surface area contributed by atoms with E-state index >= 15 is 0 Å². The molecule has 5 heteroatoms. The summed E-state index contributed by atoms with van der Waals surface area (Å²) < 4.78 is 5.50. The smallest absolute Gasteiger partial charge is 0.239 e. The molecular formula is C14H22N2O3. The topological polar surface area (TPSA) is 84.6 Å². The lowest BCUT2D eigenvalue weighted by molar-refractivity contribution is -0.128. The number of carbonyl (C=O) groups is 1. The van der Waals surface area contributed by atoms with Crippen LogP contribution in [-0.2, 0) is 16.1 Å². The zero-order chi connectivity index (χ0) is 14.1. The molecule has 0 aliphatic carbocycles. The van der Waals surface area contributed by atoms with Crippen LogP contribution >= 0.6 is 0 Å². The number of rotatable bonds is 8. The van der Waals surface area contributed by atoms with Gasteiger partial charge in [-0.15, -0.1) is 0 Å². The van der Waals surface area contributed by atoms with Crippen molar-refractivity contribution in [2.45, 2.75) is 32.5 Å². The first-order valence-electron chi connectivity index (χ1n) is 6.45. The number of aliphatic hydroxyl groups is 1. The Morgan fingerprint density at radius 2 is 2.11 bits per heavy atom. The number of ether oxygens (including phenoxy) is 1. The first-order chi connectivity index (χ1) is 9.15. The summed E-state index contributed by atoms with van der Waals surface area (Å²) in [5.74, 6) is 4.17. The average Bonchev–Trinajstić information content (AvgIpc) is 2.46. The minimum absolute atomic E-state index is 0.349. The van der Waals surface area contributed by atoms with Gasteiger partial charge in [0.25, 0.3) is 0 Å². The quantitative estimate of drug-likeness (QED) is 0.283. The monoisotopic (exact) mass is 266 g/mol. The van der Waals surface area contributed by atoms with Gasteiger partial charge in [-0.05, 0) is 18.4 Å². The summed E-state index contributed by atoms with van der Waals surface area (Å²) in [5.41, 5.74) is 3.16. The van der Waals surface area contributed by atoms with E-state index in [0.29, 0.717) is 26.1 Å². The Balaban J connectivity index is 2.12. The first-order valence-corrected chi connectivity index (χ1v) is 6.45. The largest absolute Gasteiger partial charge is 0.392 e. The van der Waals surface area contributed by atoms with Gasteiger partial charge in [-0.1, -0.05) is 37.3 Å². The highest BCUT2D eigenvalue weighted by molar-refractivity contribution is 5.78. The van der Waals surface area contributed by atoms with E-state index in [9.17, 15) is 9.90 Å². The lowest BCUT2D eigenvalue weighted by Crippen LogP contribution is -2.39. The number of benzene rings is 1. The number of hydrazine groups is 1. The second-order valence-electron chi connectivity index (χ2n) is 4.55. The van der Waals surface area contributed by atoms with E-state index in [1.807, 2.05) is 35.8 Å². The van der Waals surface area contributed by atoms with Gasteiger partial charge in [0, 0.05) is 6.61 Å². The van der Waals surface area contributed by atoms with Crippen molar-refractivity contribution >= 4 is 5.91 Å². The van der Waals surface area contributed by atoms with Gasteiger partial charge in [0.15, 0.2) is 0 Å². The van der Waals surface area contributed by atoms with Crippen LogP contribution in [0.15, 0.2) is 30.3 Å². The van der Waals surface area contributed by atoms with E-state index in [2.05, 4.69) is 0 Å². The summed E-state index contributed by atoms with van der Waals surface area (Å²) in [6.45, 7) is 2.77. The molecule has 0 unspecified atom stereocenters. The Kier molecular flexibility index (Phi) is 7.10. The molecule has 0 spiro atoms. The van der Waals surface area contributed by atoms with E-state index in [0.717, 1.165) is 5.56 Å². The molecule has 4 N–H and O–H groups in total. The molecule has 0 aromatic heterocycles. The number of carbonyl (C=O) groups excluding carboxylic acids is 1. The second kappa shape index (κ2) is 8.63. The van der Waals surface area contributed by atoms with Crippen LogP contribution in [0.25, 0.3) is 0 Å². The second-order valence-corrected chi connectivity index (χ2v) is 4.55. The number of aliphatic hydroxyl groups excluding tert-OH is 1. The number of amides is 1. The lowest BCUT2D eigenvalue weighted by atomic mass is 10.00. The Morgan fingerprint density at radius 1 is 1.42 bits per heavy atom. The SMILES string of the molecule is C[C@@H](C(=O)NN)[C@H](O)CCCOCc1ccccc1. The summed E-state index contributed by atoms with van der Waals surface area (Å²) in [5, 5.41) is 9.76. The molecule has 106 valence electrons. The van der Waals surface area contributed by atoms with Gasteiger partial charge in [-0.2, -0.15) is 0 Å². The molecule has 0 saturated heterocycles. The van der Waals surface area contributed by atoms with Crippen molar-refractivity contribution in [3.63, 3.8) is 0 Å². The molecule has 2 atom stereocenters. The van der Waals surface area contributed by atoms with Crippen LogP contribution in [0.1, 0.15) is 25.3 Å². The third-order valence-corrected chi connectivity index (χ3v) is 3.03. The maximum absolute atomic E-state index is 11.2. The summed E-state index contributed by atoms with van der Waals surface area (Å²) in [6.07, 6.45) is 0.531. The Labute approximate surface area is 113 Å². The van der Waals surface area contributed by atoms with E-state index in [1.165, 1.54) is 0 Å². The summed E-state index contributed by atoms with van der Waals surface area (Å²) in [7, 11) is 0. The fourth-order valence-electron chi connectivity index (χ4n) is 1.71. The standard InChI is InChI=1S/C14H22N2O3/c1-11(14(18)16-15)13(17)8-5-9-19-10-12-6-3-2-4-7-12/h2-4,6-7,11,13,17H,5,8-10,15H2,1H3,(H,16,18)/t11-,13-/m1/s1. The van der Waals surface area contributed by atoms with Crippen molar-refractivity contribution in [3.05, 3.63) is 35.9 Å². The molecular weight excluding hydrogens is 244 g/mol. The predicted molar refractivity (Wildman–Crippen MR) is 72.8 cm³/mol. The molecule has 5 nitrogen and oxygen atoms in total. The molecule has 1 rings (SSSR count). The fourth-order valence-corrected chi connectivity index (χ4v) is 1.71. The molecule has 1 amide bonds. The van der Waals surface area contributed by atoms with Crippen molar-refractivity contribution in [2.75, 3.05) is 6.61 Å². The minimum Gasteiger partial charge on any atom is -0.392 e. The Hall–Kier alpha value is -1.43. The molecule has 1 aromatic rings. The van der Waals surface area contributed by atoms with Crippen LogP contribution in [-0.4, -0.2) is 23.7 Å². The van der Waals surface area contributed by atoms with Crippen molar-refractivity contribution in [3.8, 4) is 0 Å². The van der Waals surface area contributed by atoms with Gasteiger partial charge < -0.3 is 9.84 Å². The van der Waals surface area contributed by atoms with Gasteiger partial charge in [0.05, 0.1) is 18.6 Å². The van der Waals surface area contributed by atoms with Gasteiger partial charge in [-0.25, -0.2) is 5.84 Å². The third kappa shape index (κ3) is 5.83. The number of nitrogens with two attached hydrogens (primary N) is 1. The lowest BCUT2D eigenvalue weighted by Gasteiger charge is -2.16. The normalized spacial score (nSPS) is 13.8. The first kappa shape index (κ1) is 15.6. The van der Waals surface area contributed by atoms with Gasteiger partial charge in [0.1, 0.15) is 0 Å². The predicted octanol–water partition coefficient (Wildman–Crippen LogP) is 0.970. The maximum Gasteiger partial charge on any atom is 0.239 e. The minimum atomic E-state index is -0.691. The highest BCUT2D eigenvalue weighted by atomic mass is 16.5. The average molecular weight is 266 g/mol. The van der Waals surface area contributed by atoms with Gasteiger partial charge >= 0.3 is 0 Å². The Morgan fingerprint density at radius 3 is 2.74 bits per heavy atom. The van der Waals surface area contributed by atoms with Gasteiger partial charge in [-0.3, -0.25) is 10.2 Å². The van der Waals surface area contributed by atoms with E-state index < -0.39 is 12.0 Å². The molecule has 0 aliphatic rings. The molecule has 0 saturated carbocycles. The molecule has 0 heterocycles. The number of nitrogens with one attached hydrogen (secondary N) is 1. The number of hydrogen-bond donors (Lipinski definition) is 3. The molecule has 19 heavy (non-hydrogen) atoms. The zero-order valence-corrected chi connectivity index (χ0v) is 11.2. The Bertz CT molecular complexity index is 370. The summed E-state index contributed by atoms with van der Waals surface area (Å²) >= 11 is 0. The van der Waals surface area contributed by atoms with Crippen LogP contribution in [0, 0.1) is 5.92 Å². The highest BCUT2D eigenvalue weighted by Crippen LogP contribution is 2.10. The number of hydrogen-bond acceptors (Lipinski definition) is 4. The van der Waals surface area contributed by atoms with Crippen LogP contribution in [0.5, 0.6) is 0 Å². The molecule has 0 radical (unpaired) electrons. The molecule has 0 aliphatic heterocycles. The van der Waals surface area contributed by atoms with Crippen LogP contribution in [0.4, 0.5) is 0 Å².